The first-order valence-corrected chi connectivity index (χ1v) is 7.41. The Bertz CT molecular complexity index is 575. The van der Waals surface area contributed by atoms with E-state index in [9.17, 15) is 13.2 Å². The number of carbonyl (C=O) groups is 1. The van der Waals surface area contributed by atoms with E-state index in [1.165, 1.54) is 6.08 Å². The molecule has 0 amide bonds. The standard InChI is InChI=1S/C12H11ClO4S/c13-10-1-3-11(4-2-10)17-12(14)7-9-5-6-18(15,16)8-9/h1-6,9H,7-8H2/t9-/m1/s1. The van der Waals surface area contributed by atoms with Crippen LogP contribution in [0.15, 0.2) is 35.7 Å². The van der Waals surface area contributed by atoms with Gasteiger partial charge in [-0.2, -0.15) is 0 Å². The first kappa shape index (κ1) is 13.1. The number of benzene rings is 1. The van der Waals surface area contributed by atoms with Gasteiger partial charge in [0, 0.05) is 16.3 Å². The van der Waals surface area contributed by atoms with E-state index in [-0.39, 0.29) is 18.1 Å². The maximum absolute atomic E-state index is 11.6. The van der Waals surface area contributed by atoms with Crippen molar-refractivity contribution >= 4 is 27.4 Å². The van der Waals surface area contributed by atoms with Gasteiger partial charge in [-0.25, -0.2) is 8.42 Å². The molecule has 1 aromatic rings. The highest BCUT2D eigenvalue weighted by molar-refractivity contribution is 7.94. The van der Waals surface area contributed by atoms with Crippen LogP contribution in [0.1, 0.15) is 6.42 Å². The van der Waals surface area contributed by atoms with Gasteiger partial charge in [-0.3, -0.25) is 4.79 Å². The highest BCUT2D eigenvalue weighted by Gasteiger charge is 2.24. The van der Waals surface area contributed by atoms with Crippen molar-refractivity contribution in [2.75, 3.05) is 5.75 Å². The quantitative estimate of drug-likeness (QED) is 0.631. The molecule has 4 nitrogen and oxygen atoms in total. The lowest BCUT2D eigenvalue weighted by Crippen LogP contribution is -2.15. The van der Waals surface area contributed by atoms with E-state index in [4.69, 9.17) is 16.3 Å². The minimum Gasteiger partial charge on any atom is -0.427 e. The van der Waals surface area contributed by atoms with E-state index in [1.807, 2.05) is 0 Å². The number of esters is 1. The summed E-state index contributed by atoms with van der Waals surface area (Å²) in [5.41, 5.74) is 0. The molecule has 0 aliphatic carbocycles. The van der Waals surface area contributed by atoms with Crippen LogP contribution < -0.4 is 4.74 Å². The molecule has 1 atom stereocenters. The molecule has 0 N–H and O–H groups in total. The van der Waals surface area contributed by atoms with E-state index >= 15 is 0 Å². The number of halogens is 1. The van der Waals surface area contributed by atoms with Crippen LogP contribution in [0.5, 0.6) is 5.75 Å². The number of allylic oxidation sites excluding steroid dienone is 1. The molecule has 1 aromatic carbocycles. The summed E-state index contributed by atoms with van der Waals surface area (Å²) in [5, 5.41) is 1.70. The molecule has 0 aromatic heterocycles. The van der Waals surface area contributed by atoms with Gasteiger partial charge in [-0.05, 0) is 24.3 Å². The summed E-state index contributed by atoms with van der Waals surface area (Å²) in [6.07, 6.45) is 1.58. The van der Waals surface area contributed by atoms with Gasteiger partial charge in [-0.1, -0.05) is 17.7 Å². The van der Waals surface area contributed by atoms with Crippen LogP contribution in [0.25, 0.3) is 0 Å². The summed E-state index contributed by atoms with van der Waals surface area (Å²) in [5.74, 6) is -0.379. The van der Waals surface area contributed by atoms with Crippen LogP contribution in [0.4, 0.5) is 0 Å². The molecule has 1 aliphatic heterocycles. The van der Waals surface area contributed by atoms with Crippen LogP contribution in [0, 0.1) is 5.92 Å². The smallest absolute Gasteiger partial charge is 0.311 e. The van der Waals surface area contributed by atoms with Crippen LogP contribution in [0.3, 0.4) is 0 Å². The average molecular weight is 287 g/mol. The molecule has 18 heavy (non-hydrogen) atoms. The van der Waals surface area contributed by atoms with E-state index in [1.54, 1.807) is 24.3 Å². The molecule has 0 unspecified atom stereocenters. The third-order valence-electron chi connectivity index (χ3n) is 2.48. The number of ether oxygens (including phenoxy) is 1. The number of rotatable bonds is 3. The molecule has 0 bridgehead atoms. The summed E-state index contributed by atoms with van der Waals surface area (Å²) in [6.45, 7) is 0. The van der Waals surface area contributed by atoms with Crippen molar-refractivity contribution < 1.29 is 17.9 Å². The molecule has 0 saturated heterocycles. The van der Waals surface area contributed by atoms with Gasteiger partial charge in [0.25, 0.3) is 0 Å². The fourth-order valence-corrected chi connectivity index (χ4v) is 3.18. The van der Waals surface area contributed by atoms with Crippen molar-refractivity contribution in [3.05, 3.63) is 40.8 Å². The van der Waals surface area contributed by atoms with Crippen molar-refractivity contribution in [3.8, 4) is 5.75 Å². The molecule has 2 rings (SSSR count). The SMILES string of the molecule is O=C(C[C@H]1C=CS(=O)(=O)C1)Oc1ccc(Cl)cc1. The highest BCUT2D eigenvalue weighted by atomic mass is 35.5. The van der Waals surface area contributed by atoms with Crippen molar-refractivity contribution in [2.45, 2.75) is 6.42 Å². The molecule has 96 valence electrons. The Morgan fingerprint density at radius 2 is 2.00 bits per heavy atom. The van der Waals surface area contributed by atoms with Crippen molar-refractivity contribution in [3.63, 3.8) is 0 Å². The Hall–Kier alpha value is -1.33. The molecular weight excluding hydrogens is 276 g/mol. The summed E-state index contributed by atoms with van der Waals surface area (Å²) in [6, 6.07) is 6.40. The third kappa shape index (κ3) is 3.58. The lowest BCUT2D eigenvalue weighted by Gasteiger charge is -2.07. The van der Waals surface area contributed by atoms with Gasteiger partial charge < -0.3 is 4.74 Å². The second kappa shape index (κ2) is 5.12. The Labute approximate surface area is 110 Å². The van der Waals surface area contributed by atoms with Crippen LogP contribution in [-0.4, -0.2) is 20.1 Å². The normalized spacial score (nSPS) is 20.8. The predicted octanol–water partition coefficient (Wildman–Crippen LogP) is 2.19. The van der Waals surface area contributed by atoms with Gasteiger partial charge in [0.05, 0.1) is 12.2 Å². The molecule has 1 aliphatic rings. The number of hydrogen-bond acceptors (Lipinski definition) is 4. The zero-order valence-electron chi connectivity index (χ0n) is 9.37. The topological polar surface area (TPSA) is 60.4 Å². The van der Waals surface area contributed by atoms with E-state index in [0.717, 1.165) is 5.41 Å². The molecule has 0 spiro atoms. The summed E-state index contributed by atoms with van der Waals surface area (Å²) >= 11 is 5.70. The van der Waals surface area contributed by atoms with E-state index in [0.29, 0.717) is 10.8 Å². The molecule has 0 radical (unpaired) electrons. The number of hydrogen-bond donors (Lipinski definition) is 0. The first-order chi connectivity index (χ1) is 8.44. The van der Waals surface area contributed by atoms with Crippen molar-refractivity contribution in [2.24, 2.45) is 5.92 Å². The molecule has 6 heteroatoms. The zero-order chi connectivity index (χ0) is 13.2. The van der Waals surface area contributed by atoms with E-state index in [2.05, 4.69) is 0 Å². The number of sulfone groups is 1. The second-order valence-corrected chi connectivity index (χ2v) is 6.42. The molecule has 1 heterocycles. The van der Waals surface area contributed by atoms with Gasteiger partial charge >= 0.3 is 5.97 Å². The maximum Gasteiger partial charge on any atom is 0.311 e. The van der Waals surface area contributed by atoms with Crippen LogP contribution >= 0.6 is 11.6 Å². The van der Waals surface area contributed by atoms with Crippen molar-refractivity contribution in [1.82, 2.24) is 0 Å². The number of carbonyl (C=O) groups excluding carboxylic acids is 1. The Kier molecular flexibility index (Phi) is 3.73. The maximum atomic E-state index is 11.6. The van der Waals surface area contributed by atoms with Gasteiger partial charge in [-0.15, -0.1) is 0 Å². The Balaban J connectivity index is 1.90. The predicted molar refractivity (Wildman–Crippen MR) is 68.1 cm³/mol. The van der Waals surface area contributed by atoms with Gasteiger partial charge in [0.2, 0.25) is 0 Å². The summed E-state index contributed by atoms with van der Waals surface area (Å²) in [7, 11) is -3.13. The minimum absolute atomic E-state index is 0.0251. The molecular formula is C12H11ClO4S. The Morgan fingerprint density at radius 1 is 1.33 bits per heavy atom. The lowest BCUT2D eigenvalue weighted by atomic mass is 10.1. The summed E-state index contributed by atoms with van der Waals surface area (Å²) in [4.78, 5) is 11.6. The lowest BCUT2D eigenvalue weighted by molar-refractivity contribution is -0.134. The monoisotopic (exact) mass is 286 g/mol. The van der Waals surface area contributed by atoms with Crippen molar-refractivity contribution in [1.29, 1.82) is 0 Å². The summed E-state index contributed by atoms with van der Waals surface area (Å²) < 4.78 is 27.4. The van der Waals surface area contributed by atoms with E-state index < -0.39 is 15.8 Å². The second-order valence-electron chi connectivity index (χ2n) is 4.05. The van der Waals surface area contributed by atoms with Crippen LogP contribution in [0.2, 0.25) is 5.02 Å². The fourth-order valence-electron chi connectivity index (χ4n) is 1.66. The average Bonchev–Trinajstić information content (AvgIpc) is 2.61. The first-order valence-electron chi connectivity index (χ1n) is 5.32. The Morgan fingerprint density at radius 3 is 2.56 bits per heavy atom. The van der Waals surface area contributed by atoms with Crippen LogP contribution in [-0.2, 0) is 14.6 Å². The largest absolute Gasteiger partial charge is 0.427 e. The van der Waals surface area contributed by atoms with Gasteiger partial charge in [0.1, 0.15) is 5.75 Å². The third-order valence-corrected chi connectivity index (χ3v) is 4.20. The van der Waals surface area contributed by atoms with Gasteiger partial charge in [0.15, 0.2) is 9.84 Å². The molecule has 0 saturated carbocycles. The fraction of sp³-hybridized carbons (Fsp3) is 0.250. The zero-order valence-corrected chi connectivity index (χ0v) is 10.9. The molecule has 0 fully saturated rings. The minimum atomic E-state index is -3.13. The highest BCUT2D eigenvalue weighted by Crippen LogP contribution is 2.20.